The fourth-order valence-corrected chi connectivity index (χ4v) is 1.88. The van der Waals surface area contributed by atoms with Crippen molar-refractivity contribution in [3.63, 3.8) is 0 Å². The molecule has 0 aliphatic heterocycles. The van der Waals surface area contributed by atoms with Gasteiger partial charge in [-0.2, -0.15) is 4.98 Å². The Balaban J connectivity index is 1.91. The number of halogens is 2. The van der Waals surface area contributed by atoms with Crippen LogP contribution in [-0.4, -0.2) is 35.8 Å². The minimum atomic E-state index is -0.585. The molecule has 0 spiro atoms. The SMILES string of the molecule is COCCc1noc(CN(C)Cc2ccc(F)cc2F)n1. The van der Waals surface area contributed by atoms with Gasteiger partial charge in [0.1, 0.15) is 11.6 Å². The number of hydrogen-bond acceptors (Lipinski definition) is 5. The molecule has 114 valence electrons. The van der Waals surface area contributed by atoms with Crippen LogP contribution >= 0.6 is 0 Å². The second-order valence-corrected chi connectivity index (χ2v) is 4.76. The van der Waals surface area contributed by atoms with Gasteiger partial charge in [-0.25, -0.2) is 8.78 Å². The van der Waals surface area contributed by atoms with E-state index in [1.807, 2.05) is 4.90 Å². The molecule has 0 fully saturated rings. The molecule has 1 aromatic carbocycles. The monoisotopic (exact) mass is 297 g/mol. The predicted octanol–water partition coefficient (Wildman–Crippen LogP) is 2.17. The lowest BCUT2D eigenvalue weighted by Gasteiger charge is -2.14. The average molecular weight is 297 g/mol. The lowest BCUT2D eigenvalue weighted by Crippen LogP contribution is -2.18. The molecule has 2 rings (SSSR count). The van der Waals surface area contributed by atoms with Gasteiger partial charge in [0.25, 0.3) is 0 Å². The fraction of sp³-hybridized carbons (Fsp3) is 0.429. The summed E-state index contributed by atoms with van der Waals surface area (Å²) in [5.74, 6) is -0.119. The maximum Gasteiger partial charge on any atom is 0.240 e. The van der Waals surface area contributed by atoms with Crippen LogP contribution in [0.4, 0.5) is 8.78 Å². The number of benzene rings is 1. The summed E-state index contributed by atoms with van der Waals surface area (Å²) in [4.78, 5) is 6.02. The summed E-state index contributed by atoms with van der Waals surface area (Å²) in [6.07, 6.45) is 0.580. The van der Waals surface area contributed by atoms with Crippen molar-refractivity contribution in [2.24, 2.45) is 0 Å². The zero-order chi connectivity index (χ0) is 15.2. The number of rotatable bonds is 7. The summed E-state index contributed by atoms with van der Waals surface area (Å²) < 4.78 is 36.4. The van der Waals surface area contributed by atoms with E-state index in [0.717, 1.165) is 6.07 Å². The Hall–Kier alpha value is -1.86. The zero-order valence-electron chi connectivity index (χ0n) is 12.0. The number of hydrogen-bond donors (Lipinski definition) is 0. The largest absolute Gasteiger partial charge is 0.384 e. The van der Waals surface area contributed by atoms with Crippen LogP contribution in [0, 0.1) is 11.6 Å². The van der Waals surface area contributed by atoms with Crippen molar-refractivity contribution in [2.45, 2.75) is 19.5 Å². The van der Waals surface area contributed by atoms with E-state index in [1.54, 1.807) is 14.2 Å². The summed E-state index contributed by atoms with van der Waals surface area (Å²) in [7, 11) is 3.40. The molecule has 0 saturated heterocycles. The number of ether oxygens (including phenoxy) is 1. The summed E-state index contributed by atoms with van der Waals surface area (Å²) in [5.41, 5.74) is 0.415. The van der Waals surface area contributed by atoms with Gasteiger partial charge < -0.3 is 9.26 Å². The van der Waals surface area contributed by atoms with Crippen molar-refractivity contribution >= 4 is 0 Å². The molecule has 0 saturated carbocycles. The van der Waals surface area contributed by atoms with Crippen molar-refractivity contribution in [2.75, 3.05) is 20.8 Å². The lowest BCUT2D eigenvalue weighted by molar-refractivity contribution is 0.199. The fourth-order valence-electron chi connectivity index (χ4n) is 1.88. The third kappa shape index (κ3) is 4.57. The van der Waals surface area contributed by atoms with Crippen molar-refractivity contribution < 1.29 is 18.0 Å². The first kappa shape index (κ1) is 15.5. The van der Waals surface area contributed by atoms with E-state index in [2.05, 4.69) is 10.1 Å². The molecular formula is C14H17F2N3O2. The van der Waals surface area contributed by atoms with Crippen LogP contribution in [0.1, 0.15) is 17.3 Å². The third-order valence-corrected chi connectivity index (χ3v) is 2.90. The van der Waals surface area contributed by atoms with Gasteiger partial charge in [0.15, 0.2) is 5.82 Å². The van der Waals surface area contributed by atoms with E-state index < -0.39 is 11.6 Å². The average Bonchev–Trinajstić information content (AvgIpc) is 2.87. The van der Waals surface area contributed by atoms with Crippen molar-refractivity contribution in [3.8, 4) is 0 Å². The molecular weight excluding hydrogens is 280 g/mol. The molecule has 0 aliphatic carbocycles. The second-order valence-electron chi connectivity index (χ2n) is 4.76. The standard InChI is InChI=1S/C14H17F2N3O2/c1-19(8-10-3-4-11(15)7-12(10)16)9-14-17-13(18-21-14)5-6-20-2/h3-4,7H,5-6,8-9H2,1-2H3. The molecule has 1 aromatic heterocycles. The lowest BCUT2D eigenvalue weighted by atomic mass is 10.2. The second kappa shape index (κ2) is 7.24. The van der Waals surface area contributed by atoms with Gasteiger partial charge in [0.2, 0.25) is 5.89 Å². The Kier molecular flexibility index (Phi) is 5.35. The highest BCUT2D eigenvalue weighted by molar-refractivity contribution is 5.18. The van der Waals surface area contributed by atoms with E-state index in [9.17, 15) is 8.78 Å². The molecule has 0 amide bonds. The van der Waals surface area contributed by atoms with Crippen molar-refractivity contribution in [3.05, 3.63) is 47.1 Å². The van der Waals surface area contributed by atoms with Gasteiger partial charge in [-0.05, 0) is 13.1 Å². The summed E-state index contributed by atoms with van der Waals surface area (Å²) >= 11 is 0. The maximum absolute atomic E-state index is 13.6. The maximum atomic E-state index is 13.6. The Bertz CT molecular complexity index is 589. The Morgan fingerprint density at radius 3 is 2.81 bits per heavy atom. The normalized spacial score (nSPS) is 11.3. The summed E-state index contributed by atoms with van der Waals surface area (Å²) in [6.45, 7) is 1.23. The summed E-state index contributed by atoms with van der Waals surface area (Å²) in [6, 6.07) is 3.54. The van der Waals surface area contributed by atoms with E-state index in [4.69, 9.17) is 9.26 Å². The number of nitrogens with zero attached hydrogens (tertiary/aromatic N) is 3. The number of methoxy groups -OCH3 is 1. The van der Waals surface area contributed by atoms with Crippen LogP contribution in [0.2, 0.25) is 0 Å². The zero-order valence-corrected chi connectivity index (χ0v) is 12.0. The quantitative estimate of drug-likeness (QED) is 0.784. The Morgan fingerprint density at radius 2 is 2.10 bits per heavy atom. The molecule has 0 N–H and O–H groups in total. The van der Waals surface area contributed by atoms with Crippen LogP contribution in [0.5, 0.6) is 0 Å². The van der Waals surface area contributed by atoms with Gasteiger partial charge in [-0.1, -0.05) is 11.2 Å². The molecule has 7 heteroatoms. The molecule has 21 heavy (non-hydrogen) atoms. The topological polar surface area (TPSA) is 51.4 Å². The van der Waals surface area contributed by atoms with Crippen molar-refractivity contribution in [1.29, 1.82) is 0 Å². The Morgan fingerprint density at radius 1 is 1.29 bits per heavy atom. The van der Waals surface area contributed by atoms with E-state index in [-0.39, 0.29) is 0 Å². The first-order valence-corrected chi connectivity index (χ1v) is 6.51. The predicted molar refractivity (Wildman–Crippen MR) is 71.4 cm³/mol. The first-order chi connectivity index (χ1) is 10.1. The molecule has 2 aromatic rings. The third-order valence-electron chi connectivity index (χ3n) is 2.90. The summed E-state index contributed by atoms with van der Waals surface area (Å²) in [5, 5.41) is 3.83. The van der Waals surface area contributed by atoms with E-state index in [0.29, 0.717) is 43.4 Å². The molecule has 0 unspecified atom stereocenters. The smallest absolute Gasteiger partial charge is 0.240 e. The highest BCUT2D eigenvalue weighted by Crippen LogP contribution is 2.13. The molecule has 1 heterocycles. The van der Waals surface area contributed by atoms with E-state index >= 15 is 0 Å². The number of aromatic nitrogens is 2. The highest BCUT2D eigenvalue weighted by atomic mass is 19.1. The van der Waals surface area contributed by atoms with Crippen LogP contribution in [0.3, 0.4) is 0 Å². The molecule has 5 nitrogen and oxygen atoms in total. The van der Waals surface area contributed by atoms with Crippen LogP contribution in [0.15, 0.2) is 22.7 Å². The minimum absolute atomic E-state index is 0.321. The van der Waals surface area contributed by atoms with Crippen LogP contribution < -0.4 is 0 Å². The molecule has 0 atom stereocenters. The first-order valence-electron chi connectivity index (χ1n) is 6.51. The highest BCUT2D eigenvalue weighted by Gasteiger charge is 2.11. The molecule has 0 aliphatic rings. The van der Waals surface area contributed by atoms with Crippen LogP contribution in [-0.2, 0) is 24.2 Å². The Labute approximate surface area is 121 Å². The van der Waals surface area contributed by atoms with E-state index in [1.165, 1.54) is 12.1 Å². The molecule has 0 radical (unpaired) electrons. The van der Waals surface area contributed by atoms with Gasteiger partial charge in [-0.15, -0.1) is 0 Å². The van der Waals surface area contributed by atoms with Gasteiger partial charge in [0.05, 0.1) is 13.2 Å². The van der Waals surface area contributed by atoms with Crippen LogP contribution in [0.25, 0.3) is 0 Å². The molecule has 0 bridgehead atoms. The van der Waals surface area contributed by atoms with Gasteiger partial charge >= 0.3 is 0 Å². The van der Waals surface area contributed by atoms with Crippen molar-refractivity contribution in [1.82, 2.24) is 15.0 Å². The minimum Gasteiger partial charge on any atom is -0.384 e. The van der Waals surface area contributed by atoms with Gasteiger partial charge in [-0.3, -0.25) is 4.90 Å². The van der Waals surface area contributed by atoms with Gasteiger partial charge in [0, 0.05) is 31.7 Å².